The van der Waals surface area contributed by atoms with Gasteiger partial charge in [0.25, 0.3) is 5.91 Å². The van der Waals surface area contributed by atoms with E-state index in [0.717, 1.165) is 109 Å². The van der Waals surface area contributed by atoms with E-state index in [1.807, 2.05) is 36.4 Å². The van der Waals surface area contributed by atoms with E-state index in [1.165, 1.54) is 0 Å². The monoisotopic (exact) mass is 696 g/mol. The van der Waals surface area contributed by atoms with Gasteiger partial charge < -0.3 is 24.3 Å². The molecule has 1 atom stereocenters. The van der Waals surface area contributed by atoms with Crippen molar-refractivity contribution in [2.75, 3.05) is 43.1 Å². The average Bonchev–Trinajstić information content (AvgIpc) is 3.59. The van der Waals surface area contributed by atoms with Crippen molar-refractivity contribution in [2.24, 2.45) is 0 Å². The predicted octanol–water partition coefficient (Wildman–Crippen LogP) is 8.89. The van der Waals surface area contributed by atoms with Crippen LogP contribution in [0.1, 0.15) is 77.0 Å². The standard InChI is InChI=1S/C41H52N4O4S/c1-4-7-24-48-25-26-49-38-16-11-32(12-17-38)33-13-20-40-35(27-33)28-34(10-8-9-23-44(40)21-5-2)41(46)43-36-14-18-39(19-15-36)50(47)30-37-29-42-31-45(37)22-6-3/h11-20,27-29,31H,4-10,21-26,30H2,1-3H3,(H,43,46)/b34-28+/t50-/m0/s1. The second kappa shape index (κ2) is 19.3. The summed E-state index contributed by atoms with van der Waals surface area (Å²) < 4.78 is 26.7. The molecular formula is C41H52N4O4S. The number of aryl methyl sites for hydroxylation is 1. The van der Waals surface area contributed by atoms with E-state index in [1.54, 1.807) is 12.5 Å². The van der Waals surface area contributed by atoms with Gasteiger partial charge in [-0.1, -0.05) is 45.4 Å². The van der Waals surface area contributed by atoms with Crippen LogP contribution in [0.4, 0.5) is 11.4 Å². The lowest BCUT2D eigenvalue weighted by molar-refractivity contribution is -0.112. The molecule has 1 N–H and O–H groups in total. The number of carbonyl (C=O) groups excluding carboxylic acids is 1. The third-order valence-electron chi connectivity index (χ3n) is 8.85. The number of unbranched alkanes of at least 4 members (excludes halogenated alkanes) is 1. The lowest BCUT2D eigenvalue weighted by Gasteiger charge is -2.26. The minimum atomic E-state index is -1.21. The quantitative estimate of drug-likeness (QED) is 0.111. The Bertz CT molecular complexity index is 1720. The molecule has 0 bridgehead atoms. The van der Waals surface area contributed by atoms with Crippen LogP contribution in [0.5, 0.6) is 5.75 Å². The van der Waals surface area contributed by atoms with Crippen LogP contribution in [0.15, 0.2) is 89.7 Å². The number of amides is 1. The molecule has 0 aliphatic carbocycles. The highest BCUT2D eigenvalue weighted by molar-refractivity contribution is 7.84. The van der Waals surface area contributed by atoms with Crippen LogP contribution >= 0.6 is 0 Å². The molecule has 1 aromatic heterocycles. The van der Waals surface area contributed by atoms with Crippen molar-refractivity contribution in [3.63, 3.8) is 0 Å². The second-order valence-electron chi connectivity index (χ2n) is 12.8. The molecule has 0 fully saturated rings. The fourth-order valence-electron chi connectivity index (χ4n) is 6.16. The summed E-state index contributed by atoms with van der Waals surface area (Å²) in [6.45, 7) is 11.1. The number of nitrogens with one attached hydrogen (secondary N) is 1. The summed E-state index contributed by atoms with van der Waals surface area (Å²) in [5.41, 5.74) is 6.77. The number of carbonyl (C=O) groups is 1. The number of rotatable bonds is 17. The highest BCUT2D eigenvalue weighted by Crippen LogP contribution is 2.33. The second-order valence-corrected chi connectivity index (χ2v) is 14.2. The van der Waals surface area contributed by atoms with Crippen molar-refractivity contribution in [3.05, 3.63) is 96.1 Å². The zero-order valence-corrected chi connectivity index (χ0v) is 30.7. The molecule has 0 spiro atoms. The minimum absolute atomic E-state index is 0.109. The lowest BCUT2D eigenvalue weighted by atomic mass is 9.98. The summed E-state index contributed by atoms with van der Waals surface area (Å²) in [6.07, 6.45) is 12.5. The fraction of sp³-hybridized carbons (Fsp3) is 0.415. The summed E-state index contributed by atoms with van der Waals surface area (Å²) in [6, 6.07) is 22.1. The van der Waals surface area contributed by atoms with Crippen molar-refractivity contribution in [2.45, 2.75) is 82.9 Å². The van der Waals surface area contributed by atoms with Gasteiger partial charge in [-0.15, -0.1) is 0 Å². The van der Waals surface area contributed by atoms with Gasteiger partial charge in [0.1, 0.15) is 12.4 Å². The first-order valence-electron chi connectivity index (χ1n) is 18.2. The maximum atomic E-state index is 13.8. The summed E-state index contributed by atoms with van der Waals surface area (Å²) >= 11 is 0. The Morgan fingerprint density at radius 2 is 1.66 bits per heavy atom. The number of nitrogens with zero attached hydrogens (tertiary/aromatic N) is 3. The van der Waals surface area contributed by atoms with Gasteiger partial charge in [0, 0.05) is 54.3 Å². The normalized spacial score (nSPS) is 14.9. The molecule has 0 unspecified atom stereocenters. The van der Waals surface area contributed by atoms with Crippen LogP contribution in [-0.2, 0) is 32.6 Å². The van der Waals surface area contributed by atoms with E-state index in [9.17, 15) is 9.00 Å². The number of aromatic nitrogens is 2. The maximum Gasteiger partial charge on any atom is 0.251 e. The third-order valence-corrected chi connectivity index (χ3v) is 10.2. The zero-order chi connectivity index (χ0) is 35.1. The lowest BCUT2D eigenvalue weighted by Crippen LogP contribution is -2.25. The van der Waals surface area contributed by atoms with Crippen molar-refractivity contribution >= 4 is 34.2 Å². The van der Waals surface area contributed by atoms with Gasteiger partial charge in [0.05, 0.1) is 35.2 Å². The SMILES string of the molecule is CCCCOCCOc1ccc(-c2ccc3c(c2)/C=C(/C(=O)Nc2ccc([S@@](=O)Cc4cncn4CCC)cc2)CCCCN3CCC)cc1. The van der Waals surface area contributed by atoms with Gasteiger partial charge >= 0.3 is 0 Å². The number of fused-ring (bicyclic) bond motifs is 1. The number of ether oxygens (including phenoxy) is 2. The third kappa shape index (κ3) is 10.4. The smallest absolute Gasteiger partial charge is 0.251 e. The Kier molecular flexibility index (Phi) is 14.3. The molecular weight excluding hydrogens is 645 g/mol. The molecule has 0 radical (unpaired) electrons. The summed E-state index contributed by atoms with van der Waals surface area (Å²) in [7, 11) is -1.21. The van der Waals surface area contributed by atoms with Gasteiger partial charge in [0.15, 0.2) is 0 Å². The molecule has 3 aromatic carbocycles. The first kappa shape index (κ1) is 37.1. The Labute approximate surface area is 300 Å². The largest absolute Gasteiger partial charge is 0.491 e. The Balaban J connectivity index is 1.30. The van der Waals surface area contributed by atoms with Gasteiger partial charge in [-0.2, -0.15) is 0 Å². The zero-order valence-electron chi connectivity index (χ0n) is 29.9. The van der Waals surface area contributed by atoms with Crippen LogP contribution in [0.2, 0.25) is 0 Å². The van der Waals surface area contributed by atoms with Crippen LogP contribution in [0, 0.1) is 0 Å². The number of hydrogen-bond acceptors (Lipinski definition) is 6. The fourth-order valence-corrected chi connectivity index (χ4v) is 7.27. The van der Waals surface area contributed by atoms with Crippen LogP contribution in [0.3, 0.4) is 0 Å². The van der Waals surface area contributed by atoms with E-state index in [4.69, 9.17) is 9.47 Å². The van der Waals surface area contributed by atoms with Crippen molar-refractivity contribution in [1.82, 2.24) is 9.55 Å². The minimum Gasteiger partial charge on any atom is -0.491 e. The topological polar surface area (TPSA) is 85.7 Å². The van der Waals surface area contributed by atoms with Gasteiger partial charge in [0.2, 0.25) is 0 Å². The first-order valence-corrected chi connectivity index (χ1v) is 19.5. The van der Waals surface area contributed by atoms with Crippen LogP contribution in [0.25, 0.3) is 17.2 Å². The van der Waals surface area contributed by atoms with Crippen molar-refractivity contribution in [3.8, 4) is 16.9 Å². The summed E-state index contributed by atoms with van der Waals surface area (Å²) in [4.78, 5) is 21.2. The molecule has 5 rings (SSSR count). The van der Waals surface area contributed by atoms with Crippen molar-refractivity contribution < 1.29 is 18.5 Å². The molecule has 0 saturated carbocycles. The van der Waals surface area contributed by atoms with Crippen LogP contribution < -0.4 is 15.0 Å². The highest BCUT2D eigenvalue weighted by atomic mass is 32.2. The molecule has 50 heavy (non-hydrogen) atoms. The van der Waals surface area contributed by atoms with E-state index in [-0.39, 0.29) is 5.91 Å². The molecule has 1 aliphatic rings. The average molecular weight is 697 g/mol. The summed E-state index contributed by atoms with van der Waals surface area (Å²) in [5.74, 6) is 1.12. The molecule has 4 aromatic rings. The summed E-state index contributed by atoms with van der Waals surface area (Å²) in [5, 5.41) is 3.11. The predicted molar refractivity (Wildman–Crippen MR) is 205 cm³/mol. The molecule has 9 heteroatoms. The number of anilines is 2. The molecule has 1 aliphatic heterocycles. The molecule has 8 nitrogen and oxygen atoms in total. The molecule has 0 saturated heterocycles. The van der Waals surface area contributed by atoms with Crippen molar-refractivity contribution in [1.29, 1.82) is 0 Å². The Morgan fingerprint density at radius 1 is 0.880 bits per heavy atom. The van der Waals surface area contributed by atoms with Crippen LogP contribution in [-0.4, -0.2) is 52.6 Å². The number of imidazole rings is 1. The Hall–Kier alpha value is -4.21. The maximum absolute atomic E-state index is 13.8. The molecule has 1 amide bonds. The highest BCUT2D eigenvalue weighted by Gasteiger charge is 2.18. The number of hydrogen-bond donors (Lipinski definition) is 1. The van der Waals surface area contributed by atoms with E-state index < -0.39 is 10.8 Å². The van der Waals surface area contributed by atoms with Gasteiger partial charge in [-0.3, -0.25) is 9.00 Å². The van der Waals surface area contributed by atoms with Gasteiger partial charge in [-0.25, -0.2) is 4.98 Å². The number of benzene rings is 3. The molecule has 2 heterocycles. The van der Waals surface area contributed by atoms with E-state index >= 15 is 0 Å². The van der Waals surface area contributed by atoms with E-state index in [0.29, 0.717) is 31.1 Å². The Morgan fingerprint density at radius 3 is 2.42 bits per heavy atom. The van der Waals surface area contributed by atoms with E-state index in [2.05, 4.69) is 76.9 Å². The first-order chi connectivity index (χ1) is 24.5. The molecule has 266 valence electrons. The van der Waals surface area contributed by atoms with Gasteiger partial charge in [-0.05, 0) is 110 Å².